The van der Waals surface area contributed by atoms with Gasteiger partial charge in [-0.25, -0.2) is 4.98 Å². The summed E-state index contributed by atoms with van der Waals surface area (Å²) in [6, 6.07) is 1.70. The maximum absolute atomic E-state index is 12.5. The van der Waals surface area contributed by atoms with Gasteiger partial charge in [-0.1, -0.05) is 0 Å². The van der Waals surface area contributed by atoms with Gasteiger partial charge in [0.15, 0.2) is 0 Å². The number of likely N-dealkylation sites (tertiary alicyclic amines) is 1. The molecule has 24 heavy (non-hydrogen) atoms. The van der Waals surface area contributed by atoms with Crippen LogP contribution < -0.4 is 5.32 Å². The molecule has 3 rings (SSSR count). The largest absolute Gasteiger partial charge is 0.472 e. The van der Waals surface area contributed by atoms with Crippen LogP contribution in [-0.4, -0.2) is 41.3 Å². The van der Waals surface area contributed by atoms with Gasteiger partial charge in [-0.3, -0.25) is 9.59 Å². The van der Waals surface area contributed by atoms with E-state index in [4.69, 9.17) is 9.40 Å². The van der Waals surface area contributed by atoms with Gasteiger partial charge in [-0.15, -0.1) is 11.3 Å². The Hall–Kier alpha value is -2.15. The Balaban J connectivity index is 1.59. The molecule has 1 fully saturated rings. The average Bonchev–Trinajstić information content (AvgIpc) is 3.26. The van der Waals surface area contributed by atoms with E-state index >= 15 is 0 Å². The quantitative estimate of drug-likeness (QED) is 0.901. The van der Waals surface area contributed by atoms with Crippen LogP contribution in [0.25, 0.3) is 0 Å². The number of nitrogens with zero attached hydrogens (tertiary/aromatic N) is 2. The molecule has 7 heteroatoms. The first-order chi connectivity index (χ1) is 11.6. The van der Waals surface area contributed by atoms with Crippen LogP contribution in [0.2, 0.25) is 0 Å². The standard InChI is InChI=1S/C17H21N3O3S/c1-12(21)18-6-4-15-11-24-16(19-15)13-3-2-7-20(9-13)17(22)14-5-8-23-10-14/h5,8,10-11,13H,2-4,6-7,9H2,1H3,(H,18,21)/t13-/m1/s1. The predicted octanol–water partition coefficient (Wildman–Crippen LogP) is 2.43. The van der Waals surface area contributed by atoms with E-state index in [-0.39, 0.29) is 17.7 Å². The third kappa shape index (κ3) is 4.03. The number of aromatic nitrogens is 1. The molecule has 2 aromatic rings. The Morgan fingerprint density at radius 1 is 1.50 bits per heavy atom. The molecule has 0 radical (unpaired) electrons. The van der Waals surface area contributed by atoms with Crippen LogP contribution in [-0.2, 0) is 11.2 Å². The average molecular weight is 347 g/mol. The van der Waals surface area contributed by atoms with Crippen molar-refractivity contribution in [2.45, 2.75) is 32.1 Å². The molecule has 0 saturated carbocycles. The lowest BCUT2D eigenvalue weighted by Crippen LogP contribution is -2.38. The van der Waals surface area contributed by atoms with Gasteiger partial charge in [0.1, 0.15) is 6.26 Å². The van der Waals surface area contributed by atoms with Crippen molar-refractivity contribution < 1.29 is 14.0 Å². The van der Waals surface area contributed by atoms with Crippen molar-refractivity contribution >= 4 is 23.2 Å². The highest BCUT2D eigenvalue weighted by molar-refractivity contribution is 7.09. The number of piperidine rings is 1. The van der Waals surface area contributed by atoms with E-state index in [2.05, 4.69) is 5.32 Å². The monoisotopic (exact) mass is 347 g/mol. The topological polar surface area (TPSA) is 75.4 Å². The van der Waals surface area contributed by atoms with E-state index in [0.29, 0.717) is 18.7 Å². The molecule has 0 aromatic carbocycles. The molecule has 0 bridgehead atoms. The minimum absolute atomic E-state index is 0.0221. The fraction of sp³-hybridized carbons (Fsp3) is 0.471. The molecular formula is C17H21N3O3S. The molecule has 128 valence electrons. The van der Waals surface area contributed by atoms with Crippen molar-refractivity contribution in [3.05, 3.63) is 40.2 Å². The summed E-state index contributed by atoms with van der Waals surface area (Å²) in [6.45, 7) is 3.60. The van der Waals surface area contributed by atoms with Crippen LogP contribution in [0.5, 0.6) is 0 Å². The van der Waals surface area contributed by atoms with Gasteiger partial charge in [-0.2, -0.15) is 0 Å². The Morgan fingerprint density at radius 2 is 2.38 bits per heavy atom. The van der Waals surface area contributed by atoms with Crippen molar-refractivity contribution in [2.75, 3.05) is 19.6 Å². The number of furan rings is 1. The van der Waals surface area contributed by atoms with E-state index < -0.39 is 0 Å². The smallest absolute Gasteiger partial charge is 0.257 e. The number of amides is 2. The molecule has 0 aliphatic carbocycles. The maximum Gasteiger partial charge on any atom is 0.257 e. The minimum Gasteiger partial charge on any atom is -0.472 e. The van der Waals surface area contributed by atoms with Crippen LogP contribution >= 0.6 is 11.3 Å². The van der Waals surface area contributed by atoms with E-state index in [1.165, 1.54) is 19.5 Å². The van der Waals surface area contributed by atoms with E-state index in [1.807, 2.05) is 10.3 Å². The molecule has 2 amide bonds. The Bertz CT molecular complexity index is 696. The highest BCUT2D eigenvalue weighted by Gasteiger charge is 2.27. The lowest BCUT2D eigenvalue weighted by molar-refractivity contribution is -0.118. The SMILES string of the molecule is CC(=O)NCCc1csc([C@@H]2CCCN(C(=O)c3ccoc3)C2)n1. The maximum atomic E-state index is 12.5. The van der Waals surface area contributed by atoms with Gasteiger partial charge in [0.2, 0.25) is 5.91 Å². The third-order valence-electron chi connectivity index (χ3n) is 4.15. The minimum atomic E-state index is -0.0221. The zero-order valence-corrected chi connectivity index (χ0v) is 14.5. The van der Waals surface area contributed by atoms with Crippen molar-refractivity contribution in [3.63, 3.8) is 0 Å². The van der Waals surface area contributed by atoms with E-state index in [9.17, 15) is 9.59 Å². The zero-order valence-electron chi connectivity index (χ0n) is 13.7. The molecule has 1 aliphatic rings. The number of thiazole rings is 1. The molecule has 1 saturated heterocycles. The van der Waals surface area contributed by atoms with Crippen LogP contribution in [0.4, 0.5) is 0 Å². The summed E-state index contributed by atoms with van der Waals surface area (Å²) in [7, 11) is 0. The van der Waals surface area contributed by atoms with Gasteiger partial charge >= 0.3 is 0 Å². The summed E-state index contributed by atoms with van der Waals surface area (Å²) in [5, 5.41) is 5.91. The lowest BCUT2D eigenvalue weighted by atomic mass is 9.98. The van der Waals surface area contributed by atoms with Gasteiger partial charge in [-0.05, 0) is 18.9 Å². The Morgan fingerprint density at radius 3 is 3.12 bits per heavy atom. The molecule has 2 aromatic heterocycles. The molecule has 6 nitrogen and oxygen atoms in total. The summed E-state index contributed by atoms with van der Waals surface area (Å²) in [5.74, 6) is 0.288. The summed E-state index contributed by atoms with van der Waals surface area (Å²) >= 11 is 1.65. The highest BCUT2D eigenvalue weighted by atomic mass is 32.1. The van der Waals surface area contributed by atoms with Gasteiger partial charge in [0.05, 0.1) is 22.5 Å². The molecule has 0 spiro atoms. The first-order valence-electron chi connectivity index (χ1n) is 8.13. The van der Waals surface area contributed by atoms with Crippen LogP contribution in [0.3, 0.4) is 0 Å². The van der Waals surface area contributed by atoms with Gasteiger partial charge in [0.25, 0.3) is 5.91 Å². The normalized spacial score (nSPS) is 17.7. The first kappa shape index (κ1) is 16.7. The second-order valence-electron chi connectivity index (χ2n) is 6.01. The molecule has 1 N–H and O–H groups in total. The molecular weight excluding hydrogens is 326 g/mol. The number of carbonyl (C=O) groups is 2. The van der Waals surface area contributed by atoms with Crippen molar-refractivity contribution in [2.24, 2.45) is 0 Å². The Kier molecular flexibility index (Phi) is 5.30. The lowest BCUT2D eigenvalue weighted by Gasteiger charge is -2.31. The molecule has 0 unspecified atom stereocenters. The van der Waals surface area contributed by atoms with E-state index in [1.54, 1.807) is 17.4 Å². The highest BCUT2D eigenvalue weighted by Crippen LogP contribution is 2.30. The molecule has 3 heterocycles. The van der Waals surface area contributed by atoms with Gasteiger partial charge in [0, 0.05) is 44.3 Å². The predicted molar refractivity (Wildman–Crippen MR) is 91.1 cm³/mol. The third-order valence-corrected chi connectivity index (χ3v) is 5.21. The fourth-order valence-corrected chi connectivity index (χ4v) is 3.91. The van der Waals surface area contributed by atoms with E-state index in [0.717, 1.165) is 36.5 Å². The van der Waals surface area contributed by atoms with Crippen molar-refractivity contribution in [1.29, 1.82) is 0 Å². The zero-order chi connectivity index (χ0) is 16.9. The summed E-state index contributed by atoms with van der Waals surface area (Å²) in [4.78, 5) is 30.0. The van der Waals surface area contributed by atoms with Crippen LogP contribution in [0.1, 0.15) is 46.7 Å². The Labute approximate surface area is 144 Å². The van der Waals surface area contributed by atoms with Crippen LogP contribution in [0.15, 0.2) is 28.4 Å². The summed E-state index contributed by atoms with van der Waals surface area (Å²) in [5.41, 5.74) is 1.60. The second kappa shape index (κ2) is 7.61. The van der Waals surface area contributed by atoms with Crippen molar-refractivity contribution in [3.8, 4) is 0 Å². The number of nitrogens with one attached hydrogen (secondary N) is 1. The molecule has 1 aliphatic heterocycles. The van der Waals surface area contributed by atoms with Gasteiger partial charge < -0.3 is 14.6 Å². The summed E-state index contributed by atoms with van der Waals surface area (Å²) < 4.78 is 5.01. The number of hydrogen-bond acceptors (Lipinski definition) is 5. The number of rotatable bonds is 5. The fourth-order valence-electron chi connectivity index (χ4n) is 2.92. The number of carbonyl (C=O) groups excluding carboxylic acids is 2. The van der Waals surface area contributed by atoms with Crippen LogP contribution in [0, 0.1) is 0 Å². The second-order valence-corrected chi connectivity index (χ2v) is 6.90. The van der Waals surface area contributed by atoms with Crippen molar-refractivity contribution in [1.82, 2.24) is 15.2 Å². The first-order valence-corrected chi connectivity index (χ1v) is 9.01. The number of hydrogen-bond donors (Lipinski definition) is 1. The summed E-state index contributed by atoms with van der Waals surface area (Å²) in [6.07, 6.45) is 5.79. The molecule has 1 atom stereocenters.